The Hall–Kier alpha value is -1.51. The highest BCUT2D eigenvalue weighted by atomic mass is 16.2. The molecule has 4 rings (SSSR count). The van der Waals surface area contributed by atoms with Gasteiger partial charge in [0.15, 0.2) is 0 Å². The van der Waals surface area contributed by atoms with E-state index in [0.29, 0.717) is 11.3 Å². The van der Waals surface area contributed by atoms with Crippen LogP contribution in [0.3, 0.4) is 0 Å². The van der Waals surface area contributed by atoms with Gasteiger partial charge in [-0.2, -0.15) is 0 Å². The molecule has 1 atom stereocenters. The lowest BCUT2D eigenvalue weighted by molar-refractivity contribution is -0.134. The third-order valence-corrected chi connectivity index (χ3v) is 5.87. The maximum atomic E-state index is 12.7. The molecule has 2 fully saturated rings. The number of amides is 1. The molecular formula is C18H24N2O. The molecule has 1 spiro atoms. The molecule has 2 heterocycles. The van der Waals surface area contributed by atoms with Crippen LogP contribution in [0.15, 0.2) is 24.3 Å². The number of benzene rings is 1. The van der Waals surface area contributed by atoms with E-state index in [2.05, 4.69) is 28.4 Å². The summed E-state index contributed by atoms with van der Waals surface area (Å²) in [5.41, 5.74) is 3.00. The number of carbonyl (C=O) groups excluding carboxylic acids is 1. The van der Waals surface area contributed by atoms with Crippen LogP contribution in [-0.4, -0.2) is 29.9 Å². The Morgan fingerprint density at radius 2 is 1.81 bits per heavy atom. The number of hydrogen-bond donors (Lipinski definition) is 1. The summed E-state index contributed by atoms with van der Waals surface area (Å²) in [5, 5.41) is 3.40. The molecule has 1 saturated heterocycles. The first-order chi connectivity index (χ1) is 10.3. The van der Waals surface area contributed by atoms with Crippen LogP contribution < -0.4 is 5.32 Å². The van der Waals surface area contributed by atoms with E-state index in [1.807, 2.05) is 6.07 Å². The number of likely N-dealkylation sites (tertiary alicyclic amines) is 1. The highest BCUT2D eigenvalue weighted by Gasteiger charge is 2.39. The van der Waals surface area contributed by atoms with Crippen molar-refractivity contribution in [3.8, 4) is 0 Å². The molecule has 0 radical (unpaired) electrons. The molecule has 1 aliphatic carbocycles. The monoisotopic (exact) mass is 284 g/mol. The molecule has 3 heteroatoms. The predicted octanol–water partition coefficient (Wildman–Crippen LogP) is 3.21. The van der Waals surface area contributed by atoms with Gasteiger partial charge < -0.3 is 10.2 Å². The fraction of sp³-hybridized carbons (Fsp3) is 0.611. The minimum Gasteiger partial charge on any atom is -0.373 e. The predicted molar refractivity (Wildman–Crippen MR) is 84.3 cm³/mol. The topological polar surface area (TPSA) is 32.3 Å². The van der Waals surface area contributed by atoms with Gasteiger partial charge >= 0.3 is 0 Å². The van der Waals surface area contributed by atoms with Crippen molar-refractivity contribution in [1.82, 2.24) is 4.90 Å². The molecule has 0 bridgehead atoms. The molecule has 1 N–H and O–H groups in total. The van der Waals surface area contributed by atoms with Gasteiger partial charge in [-0.1, -0.05) is 31.0 Å². The van der Waals surface area contributed by atoms with Crippen LogP contribution in [0.25, 0.3) is 0 Å². The fourth-order valence-corrected chi connectivity index (χ4v) is 4.49. The zero-order valence-electron chi connectivity index (χ0n) is 12.6. The number of fused-ring (bicyclic) bond motifs is 1. The minimum absolute atomic E-state index is 0.0416. The van der Waals surface area contributed by atoms with E-state index in [0.717, 1.165) is 25.2 Å². The van der Waals surface area contributed by atoms with E-state index in [-0.39, 0.29) is 6.04 Å². The van der Waals surface area contributed by atoms with Crippen LogP contribution in [0.1, 0.15) is 44.1 Å². The first-order valence-electron chi connectivity index (χ1n) is 8.39. The van der Waals surface area contributed by atoms with Crippen molar-refractivity contribution in [2.24, 2.45) is 5.41 Å². The van der Waals surface area contributed by atoms with Gasteiger partial charge in [0.25, 0.3) is 0 Å². The average molecular weight is 284 g/mol. The summed E-state index contributed by atoms with van der Waals surface area (Å²) in [5.74, 6) is 0.305. The van der Waals surface area contributed by atoms with Crippen molar-refractivity contribution in [3.05, 3.63) is 29.8 Å². The highest BCUT2D eigenvalue weighted by molar-refractivity contribution is 5.87. The van der Waals surface area contributed by atoms with Crippen LogP contribution >= 0.6 is 0 Å². The van der Waals surface area contributed by atoms with Crippen molar-refractivity contribution in [3.63, 3.8) is 0 Å². The SMILES string of the molecule is O=C(C1Cc2ccccc2N1)N1CCC2(CCCC2)CC1. The normalized spacial score (nSPS) is 26.7. The third kappa shape index (κ3) is 2.33. The van der Waals surface area contributed by atoms with Crippen molar-refractivity contribution >= 4 is 11.6 Å². The average Bonchev–Trinajstić information content (AvgIpc) is 3.14. The van der Waals surface area contributed by atoms with Gasteiger partial charge in [0.2, 0.25) is 5.91 Å². The van der Waals surface area contributed by atoms with Gasteiger partial charge in [0, 0.05) is 25.2 Å². The van der Waals surface area contributed by atoms with Crippen LogP contribution in [-0.2, 0) is 11.2 Å². The summed E-state index contributed by atoms with van der Waals surface area (Å²) in [6, 6.07) is 8.24. The standard InChI is InChI=1S/C18H24N2O/c21-17(16-13-14-5-1-2-6-15(14)19-16)20-11-9-18(10-12-20)7-3-4-8-18/h1-2,5-6,16,19H,3-4,7-13H2. The number of anilines is 1. The fourth-order valence-electron chi connectivity index (χ4n) is 4.49. The van der Waals surface area contributed by atoms with Crippen molar-refractivity contribution in [1.29, 1.82) is 0 Å². The van der Waals surface area contributed by atoms with Gasteiger partial charge in [-0.25, -0.2) is 0 Å². The van der Waals surface area contributed by atoms with E-state index in [1.165, 1.54) is 44.1 Å². The smallest absolute Gasteiger partial charge is 0.245 e. The number of rotatable bonds is 1. The van der Waals surface area contributed by atoms with E-state index < -0.39 is 0 Å². The number of carbonyl (C=O) groups is 1. The molecule has 1 unspecified atom stereocenters. The van der Waals surface area contributed by atoms with Crippen LogP contribution in [0, 0.1) is 5.41 Å². The zero-order chi connectivity index (χ0) is 14.3. The Labute approximate surface area is 126 Å². The highest BCUT2D eigenvalue weighted by Crippen LogP contribution is 2.46. The number of hydrogen-bond acceptors (Lipinski definition) is 2. The van der Waals surface area contributed by atoms with Crippen molar-refractivity contribution < 1.29 is 4.79 Å². The van der Waals surface area contributed by atoms with E-state index in [9.17, 15) is 4.79 Å². The van der Waals surface area contributed by atoms with E-state index in [4.69, 9.17) is 0 Å². The molecule has 1 aromatic rings. The second-order valence-electron chi connectivity index (χ2n) is 7.09. The third-order valence-electron chi connectivity index (χ3n) is 5.87. The lowest BCUT2D eigenvalue weighted by atomic mass is 9.77. The molecule has 1 saturated carbocycles. The number of piperidine rings is 1. The molecule has 3 nitrogen and oxygen atoms in total. The Bertz CT molecular complexity index is 513. The summed E-state index contributed by atoms with van der Waals surface area (Å²) >= 11 is 0. The number of nitrogens with zero attached hydrogens (tertiary/aromatic N) is 1. The molecule has 112 valence electrons. The first kappa shape index (κ1) is 13.2. The van der Waals surface area contributed by atoms with Gasteiger partial charge in [0.1, 0.15) is 6.04 Å². The van der Waals surface area contributed by atoms with E-state index in [1.54, 1.807) is 0 Å². The van der Waals surface area contributed by atoms with Crippen molar-refractivity contribution in [2.45, 2.75) is 51.0 Å². The maximum Gasteiger partial charge on any atom is 0.245 e. The van der Waals surface area contributed by atoms with Crippen LogP contribution in [0.2, 0.25) is 0 Å². The van der Waals surface area contributed by atoms with Crippen LogP contribution in [0.4, 0.5) is 5.69 Å². The van der Waals surface area contributed by atoms with Gasteiger partial charge in [0.05, 0.1) is 0 Å². The summed E-state index contributed by atoms with van der Waals surface area (Å²) in [6.45, 7) is 1.93. The lowest BCUT2D eigenvalue weighted by Gasteiger charge is -2.40. The Kier molecular flexibility index (Phi) is 3.16. The lowest BCUT2D eigenvalue weighted by Crippen LogP contribution is -2.48. The zero-order valence-corrected chi connectivity index (χ0v) is 12.6. The summed E-state index contributed by atoms with van der Waals surface area (Å²) < 4.78 is 0. The number of nitrogens with one attached hydrogen (secondary N) is 1. The largest absolute Gasteiger partial charge is 0.373 e. The summed E-state index contributed by atoms with van der Waals surface area (Å²) in [4.78, 5) is 14.8. The molecule has 21 heavy (non-hydrogen) atoms. The van der Waals surface area contributed by atoms with Crippen LogP contribution in [0.5, 0.6) is 0 Å². The summed E-state index contributed by atoms with van der Waals surface area (Å²) in [7, 11) is 0. The maximum absolute atomic E-state index is 12.7. The quantitative estimate of drug-likeness (QED) is 0.859. The first-order valence-corrected chi connectivity index (χ1v) is 8.39. The Morgan fingerprint density at radius 1 is 1.10 bits per heavy atom. The summed E-state index contributed by atoms with van der Waals surface area (Å²) in [6.07, 6.45) is 8.86. The van der Waals surface area contributed by atoms with Gasteiger partial charge in [-0.05, 0) is 42.7 Å². The molecule has 1 aromatic carbocycles. The second-order valence-corrected chi connectivity index (χ2v) is 7.09. The molecule has 3 aliphatic rings. The van der Waals surface area contributed by atoms with E-state index >= 15 is 0 Å². The molecule has 0 aromatic heterocycles. The molecule has 2 aliphatic heterocycles. The van der Waals surface area contributed by atoms with Crippen molar-refractivity contribution in [2.75, 3.05) is 18.4 Å². The number of para-hydroxylation sites is 1. The Morgan fingerprint density at radius 3 is 2.52 bits per heavy atom. The second kappa shape index (κ2) is 5.04. The Balaban J connectivity index is 1.39. The van der Waals surface area contributed by atoms with Gasteiger partial charge in [-0.3, -0.25) is 4.79 Å². The molecule has 1 amide bonds. The minimum atomic E-state index is -0.0416. The molecular weight excluding hydrogens is 260 g/mol. The van der Waals surface area contributed by atoms with Gasteiger partial charge in [-0.15, -0.1) is 0 Å².